The third kappa shape index (κ3) is 8.83. The molecular formula is C32H34ClN5O10. The van der Waals surface area contributed by atoms with Crippen molar-refractivity contribution in [3.05, 3.63) is 97.7 Å². The standard InChI is InChI=1S/C32H34ClN5O10/c1-5-46-25-14-21(29-28(31(40)45-4)18(2)35-32(41)36-29)9-10-24(25)47-17-27(39)37-34-15-20-12-23(33)30(26(13-20)44-3)48-16-19-7-6-8-22(11-19)38(42)43/h6-15,27,29,37,39H,5,16-17H2,1-4H3,(H2,35,36,41)/b34-15-/t27-,29-/m1/s1. The molecule has 0 spiro atoms. The van der Waals surface area contributed by atoms with Crippen LogP contribution in [0.3, 0.4) is 0 Å². The molecule has 4 N–H and O–H groups in total. The van der Waals surface area contributed by atoms with Crippen LogP contribution in [0, 0.1) is 10.1 Å². The molecule has 0 saturated carbocycles. The summed E-state index contributed by atoms with van der Waals surface area (Å²) in [5.41, 5.74) is 4.77. The van der Waals surface area contributed by atoms with E-state index in [0.29, 0.717) is 46.2 Å². The van der Waals surface area contributed by atoms with E-state index in [2.05, 4.69) is 21.2 Å². The molecule has 15 nitrogen and oxygen atoms in total. The van der Waals surface area contributed by atoms with Gasteiger partial charge in [0.15, 0.2) is 29.2 Å². The number of aliphatic hydroxyl groups excluding tert-OH is 1. The van der Waals surface area contributed by atoms with Crippen LogP contribution in [-0.2, 0) is 16.1 Å². The molecule has 254 valence electrons. The Hall–Kier alpha value is -5.54. The first kappa shape index (κ1) is 35.3. The topological polar surface area (TPSA) is 192 Å². The number of nitrogens with one attached hydrogen (secondary N) is 3. The van der Waals surface area contributed by atoms with E-state index in [0.717, 1.165) is 0 Å². The summed E-state index contributed by atoms with van der Waals surface area (Å²) < 4.78 is 27.6. The summed E-state index contributed by atoms with van der Waals surface area (Å²) in [7, 11) is 2.69. The number of hydrogen-bond donors (Lipinski definition) is 4. The van der Waals surface area contributed by atoms with Crippen LogP contribution in [-0.4, -0.2) is 61.9 Å². The lowest BCUT2D eigenvalue weighted by Crippen LogP contribution is -2.45. The van der Waals surface area contributed by atoms with Gasteiger partial charge in [-0.15, -0.1) is 0 Å². The van der Waals surface area contributed by atoms with Crippen LogP contribution in [0.4, 0.5) is 10.5 Å². The van der Waals surface area contributed by atoms with E-state index in [1.807, 2.05) is 0 Å². The molecule has 0 unspecified atom stereocenters. The molecule has 0 radical (unpaired) electrons. The van der Waals surface area contributed by atoms with Crippen molar-refractivity contribution < 1.29 is 43.3 Å². The van der Waals surface area contributed by atoms with Gasteiger partial charge in [0.1, 0.15) is 13.2 Å². The van der Waals surface area contributed by atoms with Crippen LogP contribution in [0.2, 0.25) is 5.02 Å². The number of ether oxygens (including phenoxy) is 5. The second-order valence-corrected chi connectivity index (χ2v) is 10.6. The van der Waals surface area contributed by atoms with Gasteiger partial charge in [-0.3, -0.25) is 15.5 Å². The Bertz CT molecular complexity index is 1730. The van der Waals surface area contributed by atoms with Crippen LogP contribution < -0.4 is 35.0 Å². The number of esters is 1. The molecule has 0 aliphatic carbocycles. The summed E-state index contributed by atoms with van der Waals surface area (Å²) in [5.74, 6) is 0.591. The minimum atomic E-state index is -1.23. The number of benzene rings is 3. The van der Waals surface area contributed by atoms with Crippen LogP contribution in [0.25, 0.3) is 0 Å². The number of nitrogens with zero attached hydrogens (tertiary/aromatic N) is 2. The van der Waals surface area contributed by atoms with Crippen LogP contribution in [0.1, 0.15) is 36.6 Å². The number of non-ortho nitro benzene ring substituents is 1. The Kier molecular flexibility index (Phi) is 12.0. The third-order valence-corrected chi connectivity index (χ3v) is 7.15. The van der Waals surface area contributed by atoms with Crippen molar-refractivity contribution in [1.29, 1.82) is 0 Å². The fourth-order valence-corrected chi connectivity index (χ4v) is 4.96. The van der Waals surface area contributed by atoms with Gasteiger partial charge >= 0.3 is 12.0 Å². The SMILES string of the molecule is CCOc1cc([C@H]2NC(=O)NC(C)=C2C(=O)OC)ccc1OC[C@@H](O)N/N=C\c1cc(Cl)c(OCc2cccc([N+](=O)[O-])c2)c(OC)c1. The van der Waals surface area contributed by atoms with Gasteiger partial charge in [-0.05, 0) is 54.8 Å². The molecular weight excluding hydrogens is 650 g/mol. The Balaban J connectivity index is 1.39. The van der Waals surface area contributed by atoms with E-state index in [1.165, 1.54) is 32.6 Å². The van der Waals surface area contributed by atoms with E-state index in [4.69, 9.17) is 35.3 Å². The number of amides is 2. The van der Waals surface area contributed by atoms with Crippen LogP contribution in [0.15, 0.2) is 71.0 Å². The van der Waals surface area contributed by atoms with Crippen molar-refractivity contribution in [2.75, 3.05) is 27.4 Å². The largest absolute Gasteiger partial charge is 0.493 e. The molecule has 0 fully saturated rings. The van der Waals surface area contributed by atoms with Gasteiger partial charge in [0.05, 0.1) is 48.6 Å². The predicted octanol–water partition coefficient (Wildman–Crippen LogP) is 4.36. The Morgan fingerprint density at radius 1 is 1.12 bits per heavy atom. The maximum Gasteiger partial charge on any atom is 0.337 e. The van der Waals surface area contributed by atoms with Crippen LogP contribution >= 0.6 is 11.6 Å². The van der Waals surface area contributed by atoms with Crippen LogP contribution in [0.5, 0.6) is 23.0 Å². The number of methoxy groups -OCH3 is 2. The summed E-state index contributed by atoms with van der Waals surface area (Å²) in [6.45, 7) is 3.49. The van der Waals surface area contributed by atoms with Gasteiger partial charge in [0.25, 0.3) is 5.69 Å². The van der Waals surface area contributed by atoms with Crippen molar-refractivity contribution in [1.82, 2.24) is 16.1 Å². The number of nitro groups is 1. The number of nitro benzene ring substituents is 1. The molecule has 1 heterocycles. The molecule has 2 amide bonds. The summed E-state index contributed by atoms with van der Waals surface area (Å²) in [6.07, 6.45) is 0.176. The first-order chi connectivity index (χ1) is 23.0. The zero-order valence-electron chi connectivity index (χ0n) is 26.4. The van der Waals surface area contributed by atoms with Crippen molar-refractivity contribution in [2.24, 2.45) is 5.10 Å². The fourth-order valence-electron chi connectivity index (χ4n) is 4.69. The van der Waals surface area contributed by atoms with Gasteiger partial charge in [0.2, 0.25) is 0 Å². The summed E-state index contributed by atoms with van der Waals surface area (Å²) >= 11 is 6.44. The first-order valence-electron chi connectivity index (χ1n) is 14.5. The fraction of sp³-hybridized carbons (Fsp3) is 0.281. The number of rotatable bonds is 15. The molecule has 4 rings (SSSR count). The number of carbonyl (C=O) groups excluding carboxylic acids is 2. The number of aliphatic hydroxyl groups is 1. The highest BCUT2D eigenvalue weighted by Gasteiger charge is 2.32. The molecule has 16 heteroatoms. The molecule has 0 saturated heterocycles. The molecule has 2 atom stereocenters. The Morgan fingerprint density at radius 2 is 1.92 bits per heavy atom. The molecule has 3 aromatic carbocycles. The molecule has 3 aromatic rings. The van der Waals surface area contributed by atoms with Crippen molar-refractivity contribution in [3.63, 3.8) is 0 Å². The van der Waals surface area contributed by atoms with Gasteiger partial charge in [-0.2, -0.15) is 5.10 Å². The summed E-state index contributed by atoms with van der Waals surface area (Å²) in [6, 6.07) is 12.9. The third-order valence-electron chi connectivity index (χ3n) is 6.87. The van der Waals surface area contributed by atoms with Gasteiger partial charge in [-0.1, -0.05) is 29.8 Å². The lowest BCUT2D eigenvalue weighted by atomic mass is 9.95. The molecule has 0 aromatic heterocycles. The monoisotopic (exact) mass is 683 g/mol. The Morgan fingerprint density at radius 3 is 2.62 bits per heavy atom. The second kappa shape index (κ2) is 16.3. The smallest absolute Gasteiger partial charge is 0.337 e. The van der Waals surface area contributed by atoms with Crippen molar-refractivity contribution in [2.45, 2.75) is 32.7 Å². The van der Waals surface area contributed by atoms with Crippen molar-refractivity contribution in [3.8, 4) is 23.0 Å². The summed E-state index contributed by atoms with van der Waals surface area (Å²) in [4.78, 5) is 35.2. The number of hydrazone groups is 1. The molecule has 1 aliphatic heterocycles. The number of halogens is 1. The first-order valence-corrected chi connectivity index (χ1v) is 14.9. The molecule has 0 bridgehead atoms. The second-order valence-electron chi connectivity index (χ2n) is 10.2. The number of carbonyl (C=O) groups is 2. The maximum atomic E-state index is 12.5. The Labute approximate surface area is 280 Å². The lowest BCUT2D eigenvalue weighted by Gasteiger charge is -2.28. The minimum absolute atomic E-state index is 0.0204. The number of urea groups is 1. The highest BCUT2D eigenvalue weighted by atomic mass is 35.5. The zero-order valence-corrected chi connectivity index (χ0v) is 27.2. The van der Waals surface area contributed by atoms with Gasteiger partial charge < -0.3 is 39.4 Å². The van der Waals surface area contributed by atoms with E-state index in [1.54, 1.807) is 56.3 Å². The average molecular weight is 684 g/mol. The van der Waals surface area contributed by atoms with E-state index in [9.17, 15) is 24.8 Å². The molecule has 1 aliphatic rings. The van der Waals surface area contributed by atoms with Gasteiger partial charge in [0, 0.05) is 17.8 Å². The lowest BCUT2D eigenvalue weighted by molar-refractivity contribution is -0.384. The van der Waals surface area contributed by atoms with E-state index < -0.39 is 29.2 Å². The molecule has 48 heavy (non-hydrogen) atoms. The minimum Gasteiger partial charge on any atom is -0.493 e. The summed E-state index contributed by atoms with van der Waals surface area (Å²) in [5, 5.41) is 31.1. The zero-order chi connectivity index (χ0) is 34.8. The normalized spacial score (nSPS) is 14.9. The number of allylic oxidation sites excluding steroid dienone is 1. The van der Waals surface area contributed by atoms with Crippen molar-refractivity contribution >= 4 is 35.5 Å². The van der Waals surface area contributed by atoms with Gasteiger partial charge in [-0.25, -0.2) is 9.59 Å². The highest BCUT2D eigenvalue weighted by Crippen LogP contribution is 2.37. The quantitative estimate of drug-likeness (QED) is 0.0585. The maximum absolute atomic E-state index is 12.5. The van der Waals surface area contributed by atoms with E-state index in [-0.39, 0.29) is 35.2 Å². The average Bonchev–Trinajstić information content (AvgIpc) is 3.06. The predicted molar refractivity (Wildman–Crippen MR) is 174 cm³/mol. The van der Waals surface area contributed by atoms with E-state index >= 15 is 0 Å². The number of hydrogen-bond acceptors (Lipinski definition) is 12. The highest BCUT2D eigenvalue weighted by molar-refractivity contribution is 6.32.